The monoisotopic (exact) mass is 203 g/mol. The molecule has 0 amide bonds. The van der Waals surface area contributed by atoms with E-state index < -0.39 is 0 Å². The van der Waals surface area contributed by atoms with E-state index in [1.54, 1.807) is 11.3 Å². The zero-order valence-electron chi connectivity index (χ0n) is 7.51. The van der Waals surface area contributed by atoms with Crippen LogP contribution in [0.4, 0.5) is 0 Å². The van der Waals surface area contributed by atoms with E-state index >= 15 is 0 Å². The van der Waals surface area contributed by atoms with Crippen LogP contribution >= 0.6 is 22.9 Å². The van der Waals surface area contributed by atoms with Crippen LogP contribution < -0.4 is 0 Å². The SMILES string of the molecule is Cc1ncsc1CCC(C)CCl. The maximum atomic E-state index is 5.72. The van der Waals surface area contributed by atoms with Gasteiger partial charge in [0, 0.05) is 10.8 Å². The molecule has 3 heteroatoms. The molecule has 12 heavy (non-hydrogen) atoms. The Morgan fingerprint density at radius 1 is 1.67 bits per heavy atom. The summed E-state index contributed by atoms with van der Waals surface area (Å²) in [7, 11) is 0. The van der Waals surface area contributed by atoms with Gasteiger partial charge < -0.3 is 0 Å². The summed E-state index contributed by atoms with van der Waals surface area (Å²) in [6, 6.07) is 0. The lowest BCUT2D eigenvalue weighted by atomic mass is 10.1. The van der Waals surface area contributed by atoms with Gasteiger partial charge in [-0.1, -0.05) is 6.92 Å². The molecule has 0 saturated carbocycles. The summed E-state index contributed by atoms with van der Waals surface area (Å²) in [6.45, 7) is 4.25. The van der Waals surface area contributed by atoms with Crippen LogP contribution in [0.5, 0.6) is 0 Å². The van der Waals surface area contributed by atoms with Gasteiger partial charge in [-0.05, 0) is 25.7 Å². The number of aromatic nitrogens is 1. The smallest absolute Gasteiger partial charge is 0.0797 e. The molecule has 0 spiro atoms. The Labute approximate surface area is 82.8 Å². The lowest BCUT2D eigenvalue weighted by Gasteiger charge is -2.04. The second-order valence-corrected chi connectivity index (χ2v) is 4.41. The molecule has 0 N–H and O–H groups in total. The molecule has 1 aromatic heterocycles. The Morgan fingerprint density at radius 3 is 2.92 bits per heavy atom. The number of nitrogens with zero attached hydrogens (tertiary/aromatic N) is 1. The molecule has 0 bridgehead atoms. The first kappa shape index (κ1) is 10.0. The van der Waals surface area contributed by atoms with Crippen molar-refractivity contribution in [3.8, 4) is 0 Å². The Bertz CT molecular complexity index is 234. The fourth-order valence-electron chi connectivity index (χ4n) is 1.02. The second-order valence-electron chi connectivity index (χ2n) is 3.16. The standard InChI is InChI=1S/C9H14ClNS/c1-7(5-10)3-4-9-8(2)11-6-12-9/h6-7H,3-5H2,1-2H3. The normalized spacial score (nSPS) is 13.2. The average Bonchev–Trinajstić information content (AvgIpc) is 2.47. The molecule has 0 saturated heterocycles. The molecule has 1 atom stereocenters. The predicted octanol–water partition coefficient (Wildman–Crippen LogP) is 3.26. The summed E-state index contributed by atoms with van der Waals surface area (Å²) >= 11 is 7.47. The van der Waals surface area contributed by atoms with Crippen molar-refractivity contribution < 1.29 is 0 Å². The molecule has 0 radical (unpaired) electrons. The lowest BCUT2D eigenvalue weighted by molar-refractivity contribution is 0.595. The van der Waals surface area contributed by atoms with E-state index in [0.717, 1.165) is 12.3 Å². The zero-order chi connectivity index (χ0) is 8.97. The van der Waals surface area contributed by atoms with Gasteiger partial charge in [-0.25, -0.2) is 4.98 Å². The average molecular weight is 204 g/mol. The Hall–Kier alpha value is -0.0800. The maximum Gasteiger partial charge on any atom is 0.0797 e. The minimum absolute atomic E-state index is 0.619. The van der Waals surface area contributed by atoms with Gasteiger partial charge in [0.1, 0.15) is 0 Å². The van der Waals surface area contributed by atoms with Gasteiger partial charge in [-0.2, -0.15) is 0 Å². The van der Waals surface area contributed by atoms with E-state index in [1.807, 2.05) is 5.51 Å². The van der Waals surface area contributed by atoms with Gasteiger partial charge in [0.2, 0.25) is 0 Å². The molecule has 1 nitrogen and oxygen atoms in total. The first-order valence-electron chi connectivity index (χ1n) is 4.19. The first-order chi connectivity index (χ1) is 5.74. The van der Waals surface area contributed by atoms with Crippen molar-refractivity contribution >= 4 is 22.9 Å². The highest BCUT2D eigenvalue weighted by atomic mass is 35.5. The number of alkyl halides is 1. The fraction of sp³-hybridized carbons (Fsp3) is 0.667. The van der Waals surface area contributed by atoms with Gasteiger partial charge in [0.15, 0.2) is 0 Å². The Kier molecular flexibility index (Phi) is 4.02. The molecule has 1 heterocycles. The Morgan fingerprint density at radius 2 is 2.42 bits per heavy atom. The highest BCUT2D eigenvalue weighted by Crippen LogP contribution is 2.17. The van der Waals surface area contributed by atoms with Crippen LogP contribution in [0.1, 0.15) is 23.9 Å². The molecule has 0 aliphatic heterocycles. The van der Waals surface area contributed by atoms with Crippen LogP contribution in [0, 0.1) is 12.8 Å². The van der Waals surface area contributed by atoms with Crippen molar-refractivity contribution in [2.75, 3.05) is 5.88 Å². The van der Waals surface area contributed by atoms with Gasteiger partial charge >= 0.3 is 0 Å². The summed E-state index contributed by atoms with van der Waals surface area (Å²) in [5.74, 6) is 1.38. The van der Waals surface area contributed by atoms with Crippen LogP contribution in [-0.4, -0.2) is 10.9 Å². The Balaban J connectivity index is 2.38. The van der Waals surface area contributed by atoms with Crippen LogP contribution in [-0.2, 0) is 6.42 Å². The third-order valence-electron chi connectivity index (χ3n) is 1.97. The maximum absolute atomic E-state index is 5.72. The minimum Gasteiger partial charge on any atom is -0.250 e. The molecule has 1 rings (SSSR count). The quantitative estimate of drug-likeness (QED) is 0.685. The number of hydrogen-bond acceptors (Lipinski definition) is 2. The van der Waals surface area contributed by atoms with Crippen molar-refractivity contribution in [2.24, 2.45) is 5.92 Å². The fourth-order valence-corrected chi connectivity index (χ4v) is 1.97. The highest BCUT2D eigenvalue weighted by Gasteiger charge is 2.04. The molecule has 68 valence electrons. The number of rotatable bonds is 4. The molecule has 1 aromatic rings. The number of halogens is 1. The summed E-state index contributed by atoms with van der Waals surface area (Å²) in [6.07, 6.45) is 2.30. The van der Waals surface area contributed by atoms with Gasteiger partial charge in [0.25, 0.3) is 0 Å². The highest BCUT2D eigenvalue weighted by molar-refractivity contribution is 7.09. The molecule has 1 unspecified atom stereocenters. The van der Waals surface area contributed by atoms with E-state index in [9.17, 15) is 0 Å². The van der Waals surface area contributed by atoms with E-state index in [0.29, 0.717) is 5.92 Å². The lowest BCUT2D eigenvalue weighted by Crippen LogP contribution is -1.98. The number of aryl methyl sites for hydroxylation is 2. The summed E-state index contributed by atoms with van der Waals surface area (Å²) in [5.41, 5.74) is 3.09. The largest absolute Gasteiger partial charge is 0.250 e. The van der Waals surface area contributed by atoms with Gasteiger partial charge in [-0.15, -0.1) is 22.9 Å². The van der Waals surface area contributed by atoms with Crippen LogP contribution in [0.3, 0.4) is 0 Å². The van der Waals surface area contributed by atoms with Gasteiger partial charge in [-0.3, -0.25) is 0 Å². The third kappa shape index (κ3) is 2.76. The van der Waals surface area contributed by atoms with Gasteiger partial charge in [0.05, 0.1) is 11.2 Å². The molecular formula is C9H14ClNS. The predicted molar refractivity (Wildman–Crippen MR) is 55.1 cm³/mol. The number of thiazole rings is 1. The summed E-state index contributed by atoms with van der Waals surface area (Å²) in [4.78, 5) is 5.62. The van der Waals surface area contributed by atoms with Crippen LogP contribution in [0.15, 0.2) is 5.51 Å². The second kappa shape index (κ2) is 4.83. The summed E-state index contributed by atoms with van der Waals surface area (Å²) < 4.78 is 0. The molecule has 0 aromatic carbocycles. The topological polar surface area (TPSA) is 12.9 Å². The van der Waals surface area contributed by atoms with E-state index in [4.69, 9.17) is 11.6 Å². The van der Waals surface area contributed by atoms with E-state index in [1.165, 1.54) is 17.0 Å². The summed E-state index contributed by atoms with van der Waals surface area (Å²) in [5, 5.41) is 0. The van der Waals surface area contributed by atoms with Crippen LogP contribution in [0.25, 0.3) is 0 Å². The zero-order valence-corrected chi connectivity index (χ0v) is 9.08. The molecular weight excluding hydrogens is 190 g/mol. The van der Waals surface area contributed by atoms with Crippen LogP contribution in [0.2, 0.25) is 0 Å². The van der Waals surface area contributed by atoms with Crippen molar-refractivity contribution in [1.82, 2.24) is 4.98 Å². The third-order valence-corrected chi connectivity index (χ3v) is 3.49. The molecule has 0 aliphatic rings. The number of hydrogen-bond donors (Lipinski definition) is 0. The van der Waals surface area contributed by atoms with E-state index in [-0.39, 0.29) is 0 Å². The van der Waals surface area contributed by atoms with Crippen molar-refractivity contribution in [3.63, 3.8) is 0 Å². The molecule has 0 aliphatic carbocycles. The van der Waals surface area contributed by atoms with E-state index in [2.05, 4.69) is 18.8 Å². The van der Waals surface area contributed by atoms with Crippen molar-refractivity contribution in [1.29, 1.82) is 0 Å². The molecule has 0 fully saturated rings. The van der Waals surface area contributed by atoms with Crippen molar-refractivity contribution in [3.05, 3.63) is 16.1 Å². The van der Waals surface area contributed by atoms with Crippen molar-refractivity contribution in [2.45, 2.75) is 26.7 Å². The first-order valence-corrected chi connectivity index (χ1v) is 5.60. The minimum atomic E-state index is 0.619.